The Balaban J connectivity index is 2.60. The van der Waals surface area contributed by atoms with Crippen LogP contribution in [0.25, 0.3) is 11.1 Å². The molecule has 0 unspecified atom stereocenters. The van der Waals surface area contributed by atoms with E-state index in [1.807, 2.05) is 0 Å². The van der Waals surface area contributed by atoms with E-state index in [1.54, 1.807) is 12.1 Å². The highest BCUT2D eigenvalue weighted by molar-refractivity contribution is 7.75. The number of hydrogen-bond acceptors (Lipinski definition) is 8. The Morgan fingerprint density at radius 1 is 1.24 bits per heavy atom. The molecule has 0 fully saturated rings. The number of aliphatic hydroxyl groups is 1. The summed E-state index contributed by atoms with van der Waals surface area (Å²) in [6.45, 7) is -0.351. The molecule has 110 valence electrons. The number of benzene rings is 1. The van der Waals surface area contributed by atoms with Crippen LogP contribution in [0.3, 0.4) is 0 Å². The van der Waals surface area contributed by atoms with Crippen molar-refractivity contribution >= 4 is 31.8 Å². The predicted molar refractivity (Wildman–Crippen MR) is 81.3 cm³/mol. The number of hydrogen-bond donors (Lipinski definition) is 4. The minimum atomic E-state index is -0.748. The number of thiol groups is 2. The van der Waals surface area contributed by atoms with E-state index < -0.39 is 5.97 Å². The van der Waals surface area contributed by atoms with Crippen molar-refractivity contribution < 1.29 is 23.4 Å². The minimum absolute atomic E-state index is 0.00855. The summed E-state index contributed by atoms with van der Waals surface area (Å²) < 4.78 is 9.23. The van der Waals surface area contributed by atoms with Crippen LogP contribution in [-0.2, 0) is 10.8 Å². The van der Waals surface area contributed by atoms with Crippen molar-refractivity contribution in [1.29, 1.82) is 0 Å². The van der Waals surface area contributed by atoms with Crippen molar-refractivity contribution in [2.75, 3.05) is 0 Å². The minimum Gasteiger partial charge on any atom is -0.508 e. The van der Waals surface area contributed by atoms with Gasteiger partial charge in [-0.15, -0.1) is 0 Å². The Morgan fingerprint density at radius 2 is 2.00 bits per heavy atom. The molecule has 0 aliphatic carbocycles. The first-order valence-corrected chi connectivity index (χ1v) is 6.44. The van der Waals surface area contributed by atoms with Crippen LogP contribution >= 0.6 is 25.8 Å². The molecular weight excluding hydrogens is 314 g/mol. The fraction of sp³-hybridized carbons (Fsp3) is 0.0769. The van der Waals surface area contributed by atoms with Crippen molar-refractivity contribution in [3.8, 4) is 22.6 Å². The zero-order valence-corrected chi connectivity index (χ0v) is 12.3. The van der Waals surface area contributed by atoms with Gasteiger partial charge in [0.2, 0.25) is 0 Å². The first-order chi connectivity index (χ1) is 10.1. The molecule has 6 nitrogen and oxygen atoms in total. The third-order valence-electron chi connectivity index (χ3n) is 2.71. The normalized spacial score (nSPS) is 10.2. The van der Waals surface area contributed by atoms with E-state index in [9.17, 15) is 15.0 Å². The summed E-state index contributed by atoms with van der Waals surface area (Å²) in [4.78, 5) is 15.5. The quantitative estimate of drug-likeness (QED) is 0.509. The van der Waals surface area contributed by atoms with Gasteiger partial charge in [0.15, 0.2) is 0 Å². The molecule has 1 aromatic heterocycles. The Morgan fingerprint density at radius 3 is 2.62 bits per heavy atom. The average Bonchev–Trinajstić information content (AvgIpc) is 2.53. The lowest BCUT2D eigenvalue weighted by Gasteiger charge is -2.10. The topological polar surface area (TPSA) is 88.9 Å². The molecule has 2 rings (SSSR count). The first-order valence-electron chi connectivity index (χ1n) is 5.71. The third-order valence-corrected chi connectivity index (χ3v) is 3.07. The average molecular weight is 325 g/mol. The second-order valence-electron chi connectivity index (χ2n) is 4.04. The molecule has 0 saturated carbocycles. The summed E-state index contributed by atoms with van der Waals surface area (Å²) in [5.74, 6) is -0.449. The number of aromatic nitrogens is 1. The number of carbonyl (C=O) groups is 1. The molecule has 0 atom stereocenters. The number of pyridine rings is 1. The second kappa shape index (κ2) is 6.70. The van der Waals surface area contributed by atoms with Gasteiger partial charge in [0.1, 0.15) is 17.2 Å². The highest BCUT2D eigenvalue weighted by atomic mass is 32.1. The first kappa shape index (κ1) is 15.5. The highest BCUT2D eigenvalue weighted by Gasteiger charge is 2.15. The second-order valence-corrected chi connectivity index (χ2v) is 4.41. The van der Waals surface area contributed by atoms with Gasteiger partial charge in [-0.2, -0.15) is 0 Å². The van der Waals surface area contributed by atoms with E-state index >= 15 is 0 Å². The van der Waals surface area contributed by atoms with Gasteiger partial charge in [-0.25, -0.2) is 9.78 Å². The summed E-state index contributed by atoms with van der Waals surface area (Å²) in [6.07, 6.45) is 0. The molecule has 8 heteroatoms. The number of phenolic OH excluding ortho intramolecular Hbond substituents is 1. The van der Waals surface area contributed by atoms with Crippen LogP contribution in [0.15, 0.2) is 30.3 Å². The molecular formula is C13H11NO5S2. The molecule has 2 aromatic rings. The SMILES string of the molecule is O=C(OS)c1cc(-c2ccc(O)cc2OS)cc(CO)n1. The molecule has 1 aromatic carbocycles. The number of carbonyl (C=O) groups excluding carboxylic acids is 1. The Bertz CT molecular complexity index is 678. The number of rotatable bonds is 4. The van der Waals surface area contributed by atoms with Gasteiger partial charge in [-0.05, 0) is 29.8 Å². The fourth-order valence-corrected chi connectivity index (χ4v) is 2.05. The van der Waals surface area contributed by atoms with Crippen molar-refractivity contribution in [1.82, 2.24) is 4.98 Å². The van der Waals surface area contributed by atoms with Gasteiger partial charge in [0, 0.05) is 37.4 Å². The maximum Gasteiger partial charge on any atom is 0.368 e. The standard InChI is InChI=1S/C13H11NO5S2/c15-6-8-3-7(4-11(14-8)13(17)19-21)10-2-1-9(16)5-12(10)18-20/h1-5,15-16,20-21H,6H2. The van der Waals surface area contributed by atoms with Gasteiger partial charge in [-0.1, -0.05) is 0 Å². The predicted octanol–water partition coefficient (Wildman–Crippen LogP) is 2.17. The van der Waals surface area contributed by atoms with E-state index in [0.717, 1.165) is 0 Å². The van der Waals surface area contributed by atoms with Crippen molar-refractivity contribution in [2.45, 2.75) is 6.61 Å². The Labute approximate surface area is 131 Å². The Hall–Kier alpha value is -1.90. The molecule has 0 saturated heterocycles. The molecule has 0 radical (unpaired) electrons. The van der Waals surface area contributed by atoms with E-state index in [1.165, 1.54) is 18.2 Å². The van der Waals surface area contributed by atoms with Crippen LogP contribution in [0.2, 0.25) is 0 Å². The van der Waals surface area contributed by atoms with Gasteiger partial charge in [0.25, 0.3) is 0 Å². The summed E-state index contributed by atoms with van der Waals surface area (Å²) in [5, 5.41) is 18.7. The number of aliphatic hydroxyl groups excluding tert-OH is 1. The molecule has 0 aliphatic rings. The summed E-state index contributed by atoms with van der Waals surface area (Å²) in [5.41, 5.74) is 1.38. The van der Waals surface area contributed by atoms with Crippen LogP contribution in [0.5, 0.6) is 11.5 Å². The molecule has 21 heavy (non-hydrogen) atoms. The van der Waals surface area contributed by atoms with E-state index in [0.29, 0.717) is 16.9 Å². The number of phenols is 1. The van der Waals surface area contributed by atoms with Crippen LogP contribution in [0.1, 0.15) is 16.2 Å². The highest BCUT2D eigenvalue weighted by Crippen LogP contribution is 2.34. The molecule has 1 heterocycles. The van der Waals surface area contributed by atoms with Crippen LogP contribution in [0, 0.1) is 0 Å². The third kappa shape index (κ3) is 3.41. The monoisotopic (exact) mass is 325 g/mol. The Kier molecular flexibility index (Phi) is 4.94. The lowest BCUT2D eigenvalue weighted by atomic mass is 10.0. The fourth-order valence-electron chi connectivity index (χ4n) is 1.80. The van der Waals surface area contributed by atoms with Crippen LogP contribution in [-0.4, -0.2) is 21.2 Å². The van der Waals surface area contributed by atoms with Crippen molar-refractivity contribution in [3.63, 3.8) is 0 Å². The maximum atomic E-state index is 11.5. The van der Waals surface area contributed by atoms with Crippen molar-refractivity contribution in [3.05, 3.63) is 41.7 Å². The lowest BCUT2D eigenvalue weighted by molar-refractivity contribution is 0.0765. The molecule has 0 aliphatic heterocycles. The van der Waals surface area contributed by atoms with Crippen LogP contribution in [0.4, 0.5) is 0 Å². The largest absolute Gasteiger partial charge is 0.508 e. The van der Waals surface area contributed by atoms with Gasteiger partial charge < -0.3 is 18.6 Å². The summed E-state index contributed by atoms with van der Waals surface area (Å²) >= 11 is 7.17. The van der Waals surface area contributed by atoms with Crippen LogP contribution < -0.4 is 4.18 Å². The van der Waals surface area contributed by atoms with Crippen molar-refractivity contribution in [2.24, 2.45) is 0 Å². The van der Waals surface area contributed by atoms with E-state index in [-0.39, 0.29) is 23.7 Å². The number of aromatic hydroxyl groups is 1. The zero-order valence-electron chi connectivity index (χ0n) is 10.6. The smallest absolute Gasteiger partial charge is 0.368 e. The molecule has 0 amide bonds. The molecule has 0 spiro atoms. The summed E-state index contributed by atoms with van der Waals surface area (Å²) in [6, 6.07) is 7.46. The van der Waals surface area contributed by atoms with Gasteiger partial charge >= 0.3 is 5.97 Å². The number of nitrogens with zero attached hydrogens (tertiary/aromatic N) is 1. The molecule has 2 N–H and O–H groups in total. The van der Waals surface area contributed by atoms with E-state index in [2.05, 4.69) is 35.0 Å². The zero-order chi connectivity index (χ0) is 15.4. The van der Waals surface area contributed by atoms with E-state index in [4.69, 9.17) is 4.18 Å². The van der Waals surface area contributed by atoms with Gasteiger partial charge in [0.05, 0.1) is 12.3 Å². The maximum absolute atomic E-state index is 11.5. The van der Waals surface area contributed by atoms with Gasteiger partial charge in [-0.3, -0.25) is 0 Å². The lowest BCUT2D eigenvalue weighted by Crippen LogP contribution is -2.05. The molecule has 0 bridgehead atoms. The summed E-state index contributed by atoms with van der Waals surface area (Å²) in [7, 11) is 0.